The second-order valence-corrected chi connectivity index (χ2v) is 3.68. The number of carboxylic acids is 1. The molecule has 1 saturated carbocycles. The molecule has 84 valence electrons. The summed E-state index contributed by atoms with van der Waals surface area (Å²) in [6, 6.07) is 5.30. The van der Waals surface area contributed by atoms with Crippen molar-refractivity contribution in [3.63, 3.8) is 0 Å². The van der Waals surface area contributed by atoms with Crippen molar-refractivity contribution in [1.82, 2.24) is 0 Å². The summed E-state index contributed by atoms with van der Waals surface area (Å²) in [6.45, 7) is 3.75. The van der Waals surface area contributed by atoms with Crippen LogP contribution in [0.1, 0.15) is 48.2 Å². The highest BCUT2D eigenvalue weighted by atomic mass is 16.4. The highest BCUT2D eigenvalue weighted by Gasteiger charge is 2.04. The Bertz CT molecular complexity index is 325. The maximum Gasteiger partial charge on any atom is 0.335 e. The molecule has 15 heavy (non-hydrogen) atoms. The van der Waals surface area contributed by atoms with Crippen molar-refractivity contribution in [2.24, 2.45) is 0 Å². The summed E-state index contributed by atoms with van der Waals surface area (Å²) in [4.78, 5) is 10.5. The third-order valence-electron chi connectivity index (χ3n) is 1.97. The Hall–Kier alpha value is -1.31. The van der Waals surface area contributed by atoms with Crippen LogP contribution < -0.4 is 0 Å². The molecular formula is C13H20O2. The van der Waals surface area contributed by atoms with Crippen molar-refractivity contribution in [2.75, 3.05) is 0 Å². The minimum absolute atomic E-state index is 0. The Morgan fingerprint density at radius 3 is 2.07 bits per heavy atom. The van der Waals surface area contributed by atoms with Crippen molar-refractivity contribution in [2.45, 2.75) is 40.5 Å². The van der Waals surface area contributed by atoms with Crippen molar-refractivity contribution >= 4 is 5.97 Å². The zero-order valence-corrected chi connectivity index (χ0v) is 8.71. The third kappa shape index (κ3) is 5.21. The molecule has 1 fully saturated rings. The quantitative estimate of drug-likeness (QED) is 0.762. The monoisotopic (exact) mass is 208 g/mol. The summed E-state index contributed by atoms with van der Waals surface area (Å²) in [5, 5.41) is 8.66. The standard InChI is InChI=1S/C9H10O2.C3H6.CH4/c1-6-3-4-8(9(10)11)7(2)5-6;1-2-3-1;/h3-5H,1-2H3,(H,10,11);1-3H2;1H4. The molecule has 0 heterocycles. The van der Waals surface area contributed by atoms with Crippen molar-refractivity contribution < 1.29 is 9.90 Å². The van der Waals surface area contributed by atoms with Crippen LogP contribution in [0.15, 0.2) is 18.2 Å². The Kier molecular flexibility index (Phi) is 5.68. The summed E-state index contributed by atoms with van der Waals surface area (Å²) < 4.78 is 0. The van der Waals surface area contributed by atoms with Crippen molar-refractivity contribution in [3.8, 4) is 0 Å². The summed E-state index contributed by atoms with van der Waals surface area (Å²) in [6.07, 6.45) is 4.50. The Morgan fingerprint density at radius 1 is 1.20 bits per heavy atom. The van der Waals surface area contributed by atoms with Crippen LogP contribution in [0.2, 0.25) is 0 Å². The molecule has 1 N–H and O–H groups in total. The predicted octanol–water partition coefficient (Wildman–Crippen LogP) is 3.81. The molecule has 2 rings (SSSR count). The zero-order valence-electron chi connectivity index (χ0n) is 8.71. The van der Waals surface area contributed by atoms with Crippen LogP contribution >= 0.6 is 0 Å². The van der Waals surface area contributed by atoms with Gasteiger partial charge in [-0.2, -0.15) is 0 Å². The molecule has 1 aliphatic carbocycles. The molecule has 0 saturated heterocycles. The average molecular weight is 208 g/mol. The molecule has 0 amide bonds. The second-order valence-electron chi connectivity index (χ2n) is 3.68. The molecule has 0 aromatic heterocycles. The van der Waals surface area contributed by atoms with E-state index in [0.717, 1.165) is 11.1 Å². The molecule has 1 aliphatic rings. The number of hydrogen-bond donors (Lipinski definition) is 1. The van der Waals surface area contributed by atoms with Crippen molar-refractivity contribution in [3.05, 3.63) is 34.9 Å². The fourth-order valence-electron chi connectivity index (χ4n) is 1.05. The first kappa shape index (κ1) is 13.7. The number of carbonyl (C=O) groups is 1. The lowest BCUT2D eigenvalue weighted by Crippen LogP contribution is -1.99. The number of hydrogen-bond acceptors (Lipinski definition) is 1. The van der Waals surface area contributed by atoms with Crippen LogP contribution in [0.4, 0.5) is 0 Å². The van der Waals surface area contributed by atoms with Gasteiger partial charge in [0.05, 0.1) is 5.56 Å². The van der Waals surface area contributed by atoms with E-state index in [1.807, 2.05) is 13.0 Å². The fraction of sp³-hybridized carbons (Fsp3) is 0.462. The third-order valence-corrected chi connectivity index (χ3v) is 1.97. The molecular weight excluding hydrogens is 188 g/mol. The van der Waals surface area contributed by atoms with Crippen LogP contribution in [-0.4, -0.2) is 11.1 Å². The van der Waals surface area contributed by atoms with Gasteiger partial charge in [0.2, 0.25) is 0 Å². The van der Waals surface area contributed by atoms with E-state index in [2.05, 4.69) is 0 Å². The van der Waals surface area contributed by atoms with Gasteiger partial charge in [-0.1, -0.05) is 44.4 Å². The molecule has 0 unspecified atom stereocenters. The Morgan fingerprint density at radius 2 is 1.73 bits per heavy atom. The number of benzene rings is 1. The van der Waals surface area contributed by atoms with Crippen LogP contribution in [0, 0.1) is 13.8 Å². The van der Waals surface area contributed by atoms with E-state index in [9.17, 15) is 4.79 Å². The minimum Gasteiger partial charge on any atom is -0.478 e. The molecule has 1 aromatic carbocycles. The van der Waals surface area contributed by atoms with Crippen LogP contribution in [0.3, 0.4) is 0 Å². The smallest absolute Gasteiger partial charge is 0.335 e. The number of carboxylic acid groups (broad SMARTS) is 1. The zero-order chi connectivity index (χ0) is 10.6. The lowest BCUT2D eigenvalue weighted by molar-refractivity contribution is 0.0696. The normalized spacial score (nSPS) is 11.9. The van der Waals surface area contributed by atoms with Crippen LogP contribution in [0.5, 0.6) is 0 Å². The van der Waals surface area contributed by atoms with Crippen molar-refractivity contribution in [1.29, 1.82) is 0 Å². The summed E-state index contributed by atoms with van der Waals surface area (Å²) >= 11 is 0. The van der Waals surface area contributed by atoms with Gasteiger partial charge in [0.25, 0.3) is 0 Å². The SMILES string of the molecule is C.C1CC1.Cc1ccc(C(=O)O)c(C)c1. The van der Waals surface area contributed by atoms with E-state index in [1.54, 1.807) is 19.1 Å². The fourth-order valence-corrected chi connectivity index (χ4v) is 1.05. The van der Waals surface area contributed by atoms with Gasteiger partial charge in [0, 0.05) is 0 Å². The predicted molar refractivity (Wildman–Crippen MR) is 63.5 cm³/mol. The summed E-state index contributed by atoms with van der Waals surface area (Å²) in [7, 11) is 0. The Labute approximate surface area is 91.9 Å². The van der Waals surface area contributed by atoms with Gasteiger partial charge < -0.3 is 5.11 Å². The first-order valence-corrected chi connectivity index (χ1v) is 4.92. The van der Waals surface area contributed by atoms with Gasteiger partial charge in [0.15, 0.2) is 0 Å². The topological polar surface area (TPSA) is 37.3 Å². The van der Waals surface area contributed by atoms with Gasteiger partial charge in [-0.05, 0) is 25.5 Å². The van der Waals surface area contributed by atoms with Gasteiger partial charge in [-0.3, -0.25) is 0 Å². The summed E-state index contributed by atoms with van der Waals surface area (Å²) in [5.41, 5.74) is 2.29. The van der Waals surface area contributed by atoms with Gasteiger partial charge >= 0.3 is 5.97 Å². The summed E-state index contributed by atoms with van der Waals surface area (Å²) in [5.74, 6) is -0.859. The molecule has 0 bridgehead atoms. The minimum atomic E-state index is -0.859. The molecule has 1 aromatic rings. The van der Waals surface area contributed by atoms with E-state index in [4.69, 9.17) is 5.11 Å². The lowest BCUT2D eigenvalue weighted by Gasteiger charge is -2.00. The number of aromatic carboxylic acids is 1. The van der Waals surface area contributed by atoms with Gasteiger partial charge in [-0.25, -0.2) is 4.79 Å². The molecule has 0 aliphatic heterocycles. The molecule has 2 heteroatoms. The highest BCUT2D eigenvalue weighted by Crippen LogP contribution is 2.14. The average Bonchev–Trinajstić information content (AvgIpc) is 2.88. The van der Waals surface area contributed by atoms with E-state index >= 15 is 0 Å². The molecule has 2 nitrogen and oxygen atoms in total. The van der Waals surface area contributed by atoms with E-state index in [0.29, 0.717) is 5.56 Å². The van der Waals surface area contributed by atoms with Gasteiger partial charge in [0.1, 0.15) is 0 Å². The first-order chi connectivity index (χ1) is 6.61. The maximum absolute atomic E-state index is 10.5. The molecule has 0 radical (unpaired) electrons. The number of rotatable bonds is 1. The largest absolute Gasteiger partial charge is 0.478 e. The lowest BCUT2D eigenvalue weighted by atomic mass is 10.1. The molecule has 0 atom stereocenters. The highest BCUT2D eigenvalue weighted by molar-refractivity contribution is 5.89. The first-order valence-electron chi connectivity index (χ1n) is 4.92. The van der Waals surface area contributed by atoms with Crippen LogP contribution in [0.25, 0.3) is 0 Å². The molecule has 0 spiro atoms. The van der Waals surface area contributed by atoms with E-state index in [1.165, 1.54) is 19.3 Å². The van der Waals surface area contributed by atoms with E-state index in [-0.39, 0.29) is 7.43 Å². The van der Waals surface area contributed by atoms with Gasteiger partial charge in [-0.15, -0.1) is 0 Å². The van der Waals surface area contributed by atoms with Crippen LogP contribution in [-0.2, 0) is 0 Å². The Balaban J connectivity index is 0.000000420. The van der Waals surface area contributed by atoms with E-state index < -0.39 is 5.97 Å². The number of aryl methyl sites for hydroxylation is 2. The maximum atomic E-state index is 10.5. The second kappa shape index (κ2) is 6.23.